The number of likely N-dealkylation sites (N-methyl/N-ethyl adjacent to an activating group) is 1. The number of hydrogen-bond donors (Lipinski definition) is 4. The van der Waals surface area contributed by atoms with Crippen LogP contribution in [0.4, 0.5) is 18.9 Å². The maximum absolute atomic E-state index is 14.4. The number of aliphatic hydroxyl groups is 1. The summed E-state index contributed by atoms with van der Waals surface area (Å²) in [6.45, 7) is 0.668. The van der Waals surface area contributed by atoms with Crippen molar-refractivity contribution >= 4 is 57.5 Å². The van der Waals surface area contributed by atoms with Crippen molar-refractivity contribution in [2.24, 2.45) is 5.73 Å². The van der Waals surface area contributed by atoms with Crippen LogP contribution in [-0.4, -0.2) is 75.5 Å². The Bertz CT molecular complexity index is 1730. The van der Waals surface area contributed by atoms with Gasteiger partial charge in [-0.15, -0.1) is 0 Å². The first-order valence-electron chi connectivity index (χ1n) is 13.6. The first-order chi connectivity index (χ1) is 21.1. The summed E-state index contributed by atoms with van der Waals surface area (Å²) in [6, 6.07) is 14.0. The molecule has 1 aromatic heterocycles. The van der Waals surface area contributed by atoms with Gasteiger partial charge in [0.2, 0.25) is 5.91 Å². The van der Waals surface area contributed by atoms with Crippen molar-refractivity contribution in [2.75, 3.05) is 31.5 Å². The molecule has 4 aromatic rings. The molecule has 0 saturated carbocycles. The van der Waals surface area contributed by atoms with Gasteiger partial charge in [0.15, 0.2) is 5.60 Å². The van der Waals surface area contributed by atoms with Gasteiger partial charge in [-0.05, 0) is 67.9 Å². The number of aryl methyl sites for hydroxylation is 1. The van der Waals surface area contributed by atoms with Crippen molar-refractivity contribution in [3.8, 4) is 5.69 Å². The summed E-state index contributed by atoms with van der Waals surface area (Å²) in [6.07, 6.45) is -3.67. The van der Waals surface area contributed by atoms with Gasteiger partial charge in [-0.1, -0.05) is 29.3 Å². The molecule has 0 aliphatic heterocycles. The Kier molecular flexibility index (Phi) is 9.95. The van der Waals surface area contributed by atoms with Gasteiger partial charge >= 0.3 is 6.18 Å². The molecule has 0 spiro atoms. The van der Waals surface area contributed by atoms with Crippen molar-refractivity contribution in [3.05, 3.63) is 87.5 Å². The monoisotopic (exact) mass is 664 g/mol. The third-order valence-corrected chi connectivity index (χ3v) is 7.66. The average Bonchev–Trinajstić information content (AvgIpc) is 3.40. The SMILES string of the molecule is CCN(CC(O)(CNc1cc(C)cc2c1cnn2-c1ccc(C(=O)NCC(N)=O)cc1)C(F)(F)F)C(=O)c1c(Cl)cccc1Cl. The Morgan fingerprint density at radius 1 is 1.07 bits per heavy atom. The highest BCUT2D eigenvalue weighted by Crippen LogP contribution is 2.35. The number of amides is 3. The normalized spacial score (nSPS) is 12.9. The standard InChI is InChI=1S/C30H29Cl2F3N6O4/c1-3-40(28(44)26-21(31)5-4-6-22(26)32)16-29(45,30(33,34)35)15-38-23-11-17(2)12-24-20(23)13-39-41(24)19-9-7-18(8-10-19)27(43)37-14-25(36)42/h4-13,38,45H,3,14-16H2,1-2H3,(H2,36,42)(H,37,43). The van der Waals surface area contributed by atoms with Crippen molar-refractivity contribution in [3.63, 3.8) is 0 Å². The highest BCUT2D eigenvalue weighted by molar-refractivity contribution is 6.39. The number of rotatable bonds is 11. The minimum atomic E-state index is -5.13. The van der Waals surface area contributed by atoms with Crippen molar-refractivity contribution in [1.29, 1.82) is 0 Å². The van der Waals surface area contributed by atoms with Gasteiger partial charge in [-0.2, -0.15) is 18.3 Å². The van der Waals surface area contributed by atoms with Crippen LogP contribution in [0.1, 0.15) is 33.2 Å². The summed E-state index contributed by atoms with van der Waals surface area (Å²) in [5.74, 6) is -2.04. The number of aromatic nitrogens is 2. The number of anilines is 1. The molecule has 1 unspecified atom stereocenters. The van der Waals surface area contributed by atoms with E-state index >= 15 is 0 Å². The van der Waals surface area contributed by atoms with Crippen LogP contribution in [0.15, 0.2) is 60.8 Å². The van der Waals surface area contributed by atoms with Crippen molar-refractivity contribution < 1.29 is 32.7 Å². The molecule has 4 rings (SSSR count). The number of halogens is 5. The van der Waals surface area contributed by atoms with Crippen LogP contribution in [0.5, 0.6) is 0 Å². The number of hydrogen-bond acceptors (Lipinski definition) is 6. The summed E-state index contributed by atoms with van der Waals surface area (Å²) in [7, 11) is 0. The fraction of sp³-hybridized carbons (Fsp3) is 0.267. The summed E-state index contributed by atoms with van der Waals surface area (Å²) < 4.78 is 44.7. The van der Waals surface area contributed by atoms with Crippen LogP contribution in [0.2, 0.25) is 10.0 Å². The number of carbonyl (C=O) groups is 3. The molecule has 0 aliphatic rings. The molecule has 0 aliphatic carbocycles. The lowest BCUT2D eigenvalue weighted by atomic mass is 10.0. The molecule has 0 fully saturated rings. The van der Waals surface area contributed by atoms with Crippen LogP contribution in [0.3, 0.4) is 0 Å². The van der Waals surface area contributed by atoms with E-state index in [1.807, 2.05) is 0 Å². The lowest BCUT2D eigenvalue weighted by Gasteiger charge is -2.36. The first-order valence-corrected chi connectivity index (χ1v) is 14.3. The predicted molar refractivity (Wildman–Crippen MR) is 165 cm³/mol. The van der Waals surface area contributed by atoms with E-state index in [1.165, 1.54) is 43.5 Å². The maximum Gasteiger partial charge on any atom is 0.420 e. The van der Waals surface area contributed by atoms with E-state index in [0.717, 1.165) is 4.90 Å². The van der Waals surface area contributed by atoms with E-state index in [1.54, 1.807) is 35.9 Å². The molecule has 5 N–H and O–H groups in total. The number of benzene rings is 3. The average molecular weight is 666 g/mol. The largest absolute Gasteiger partial charge is 0.420 e. The topological polar surface area (TPSA) is 143 Å². The third-order valence-electron chi connectivity index (χ3n) is 7.03. The Morgan fingerprint density at radius 3 is 2.29 bits per heavy atom. The summed E-state index contributed by atoms with van der Waals surface area (Å²) in [5.41, 5.74) is 3.86. The van der Waals surface area contributed by atoms with Crippen LogP contribution in [0.25, 0.3) is 16.6 Å². The van der Waals surface area contributed by atoms with Crippen molar-refractivity contribution in [1.82, 2.24) is 20.0 Å². The number of fused-ring (bicyclic) bond motifs is 1. The Morgan fingerprint density at radius 2 is 1.71 bits per heavy atom. The summed E-state index contributed by atoms with van der Waals surface area (Å²) >= 11 is 12.2. The quantitative estimate of drug-likeness (QED) is 0.183. The van der Waals surface area contributed by atoms with Gasteiger partial charge in [0.05, 0.1) is 52.6 Å². The molecule has 3 aromatic carbocycles. The number of nitrogens with zero attached hydrogens (tertiary/aromatic N) is 3. The predicted octanol–water partition coefficient (Wildman–Crippen LogP) is 4.72. The molecule has 15 heteroatoms. The molecular formula is C30H29Cl2F3N6O4. The zero-order chi connectivity index (χ0) is 33.1. The van der Waals surface area contributed by atoms with Gasteiger partial charge in [0.1, 0.15) is 0 Å². The molecule has 45 heavy (non-hydrogen) atoms. The van der Waals surface area contributed by atoms with Crippen LogP contribution < -0.4 is 16.4 Å². The molecular weight excluding hydrogens is 636 g/mol. The third kappa shape index (κ3) is 7.32. The Balaban J connectivity index is 1.60. The minimum absolute atomic E-state index is 0.0280. The molecule has 238 valence electrons. The van der Waals surface area contributed by atoms with E-state index < -0.39 is 42.6 Å². The lowest BCUT2D eigenvalue weighted by molar-refractivity contribution is -0.257. The molecule has 1 atom stereocenters. The van der Waals surface area contributed by atoms with E-state index in [4.69, 9.17) is 28.9 Å². The zero-order valence-electron chi connectivity index (χ0n) is 24.1. The fourth-order valence-corrected chi connectivity index (χ4v) is 5.19. The molecule has 0 saturated heterocycles. The Hall–Kier alpha value is -4.33. The maximum atomic E-state index is 14.4. The van der Waals surface area contributed by atoms with Crippen LogP contribution in [-0.2, 0) is 4.79 Å². The summed E-state index contributed by atoms with van der Waals surface area (Å²) in [4.78, 5) is 37.2. The summed E-state index contributed by atoms with van der Waals surface area (Å²) in [5, 5.41) is 20.9. The first kappa shape index (κ1) is 33.6. The highest BCUT2D eigenvalue weighted by atomic mass is 35.5. The smallest absolute Gasteiger partial charge is 0.381 e. The fourth-order valence-electron chi connectivity index (χ4n) is 4.63. The van der Waals surface area contributed by atoms with Gasteiger partial charge < -0.3 is 26.4 Å². The number of nitrogens with two attached hydrogens (primary N) is 1. The second-order valence-electron chi connectivity index (χ2n) is 10.3. The second kappa shape index (κ2) is 13.3. The molecule has 1 heterocycles. The number of carbonyl (C=O) groups excluding carboxylic acids is 3. The Labute approximate surface area is 265 Å². The number of nitrogens with one attached hydrogen (secondary N) is 2. The zero-order valence-corrected chi connectivity index (χ0v) is 25.6. The van der Waals surface area contributed by atoms with E-state index in [9.17, 15) is 32.7 Å². The highest BCUT2D eigenvalue weighted by Gasteiger charge is 2.55. The van der Waals surface area contributed by atoms with Gasteiger partial charge in [0, 0.05) is 23.2 Å². The molecule has 0 bridgehead atoms. The number of alkyl halides is 3. The minimum Gasteiger partial charge on any atom is -0.381 e. The van der Waals surface area contributed by atoms with E-state index in [2.05, 4.69) is 15.7 Å². The van der Waals surface area contributed by atoms with Crippen molar-refractivity contribution in [2.45, 2.75) is 25.6 Å². The molecule has 0 radical (unpaired) electrons. The molecule has 3 amide bonds. The lowest BCUT2D eigenvalue weighted by Crippen LogP contribution is -2.58. The van der Waals surface area contributed by atoms with Gasteiger partial charge in [0.25, 0.3) is 11.8 Å². The van der Waals surface area contributed by atoms with Gasteiger partial charge in [-0.3, -0.25) is 14.4 Å². The number of primary amides is 1. The van der Waals surface area contributed by atoms with Gasteiger partial charge in [-0.25, -0.2) is 4.68 Å². The van der Waals surface area contributed by atoms with Crippen LogP contribution >= 0.6 is 23.2 Å². The van der Waals surface area contributed by atoms with E-state index in [-0.39, 0.29) is 39.9 Å². The van der Waals surface area contributed by atoms with Crippen LogP contribution in [0, 0.1) is 6.92 Å². The second-order valence-corrected chi connectivity index (χ2v) is 11.1. The molecule has 10 nitrogen and oxygen atoms in total. The van der Waals surface area contributed by atoms with E-state index in [0.29, 0.717) is 22.2 Å².